The first-order valence-electron chi connectivity index (χ1n) is 9.81. The molecule has 0 spiro atoms. The number of rotatable bonds is 7. The van der Waals surface area contributed by atoms with Crippen molar-refractivity contribution in [3.8, 4) is 28.6 Å². The van der Waals surface area contributed by atoms with E-state index in [1.54, 1.807) is 43.5 Å². The first kappa shape index (κ1) is 22.6. The van der Waals surface area contributed by atoms with Crippen LogP contribution in [0.25, 0.3) is 17.1 Å². The topological polar surface area (TPSA) is 120 Å². The van der Waals surface area contributed by atoms with Crippen molar-refractivity contribution in [2.75, 3.05) is 19.5 Å². The van der Waals surface area contributed by atoms with Crippen LogP contribution in [0.4, 0.5) is 5.95 Å². The Bertz CT molecular complexity index is 1300. The molecule has 0 aliphatic rings. The molecular weight excluding hydrogens is 469 g/mol. The van der Waals surface area contributed by atoms with Gasteiger partial charge in [-0.2, -0.15) is 4.98 Å². The highest BCUT2D eigenvalue weighted by molar-refractivity contribution is 6.37. The Labute approximate surface area is 198 Å². The number of anilines is 1. The number of H-pyrrole nitrogens is 1. The molecule has 0 saturated heterocycles. The number of methoxy groups -OCH3 is 2. The van der Waals surface area contributed by atoms with Crippen LogP contribution in [0.2, 0.25) is 10.0 Å². The number of nitrogens with one attached hydrogen (secondary N) is 2. The molecule has 2 N–H and O–H groups in total. The molecule has 33 heavy (non-hydrogen) atoms. The predicted molar refractivity (Wildman–Crippen MR) is 124 cm³/mol. The summed E-state index contributed by atoms with van der Waals surface area (Å²) in [5.41, 5.74) is 1.10. The van der Waals surface area contributed by atoms with Gasteiger partial charge in [-0.1, -0.05) is 36.2 Å². The zero-order valence-corrected chi connectivity index (χ0v) is 19.4. The minimum atomic E-state index is -0.584. The molecule has 2 aromatic carbocycles. The maximum atomic E-state index is 12.8. The second-order valence-electron chi connectivity index (χ2n) is 6.72. The lowest BCUT2D eigenvalue weighted by molar-refractivity contribution is 0.101. The van der Waals surface area contributed by atoms with Crippen molar-refractivity contribution in [3.05, 3.63) is 58.1 Å². The Kier molecular flexibility index (Phi) is 6.47. The lowest BCUT2D eigenvalue weighted by Gasteiger charge is -2.08. The maximum Gasteiger partial charge on any atom is 0.297 e. The molecule has 4 rings (SSSR count). The molecule has 2 heterocycles. The molecule has 0 fully saturated rings. The van der Waals surface area contributed by atoms with E-state index in [-0.39, 0.29) is 11.8 Å². The fourth-order valence-electron chi connectivity index (χ4n) is 3.13. The number of nitrogens with zero attached hydrogens (tertiary/aromatic N) is 5. The Morgan fingerprint density at radius 2 is 1.88 bits per heavy atom. The fourth-order valence-corrected chi connectivity index (χ4v) is 3.69. The van der Waals surface area contributed by atoms with E-state index in [0.717, 1.165) is 0 Å². The minimum absolute atomic E-state index is 0.0537. The van der Waals surface area contributed by atoms with Crippen molar-refractivity contribution < 1.29 is 14.3 Å². The van der Waals surface area contributed by atoms with Crippen LogP contribution in [-0.4, -0.2) is 50.1 Å². The van der Waals surface area contributed by atoms with Gasteiger partial charge in [0.1, 0.15) is 23.0 Å². The summed E-state index contributed by atoms with van der Waals surface area (Å²) in [7, 11) is 3.10. The number of carbonyl (C=O) groups is 1. The Morgan fingerprint density at radius 3 is 2.55 bits per heavy atom. The third-order valence-corrected chi connectivity index (χ3v) is 5.33. The van der Waals surface area contributed by atoms with Gasteiger partial charge in [0.05, 0.1) is 29.8 Å². The van der Waals surface area contributed by atoms with Gasteiger partial charge in [-0.25, -0.2) is 9.67 Å². The van der Waals surface area contributed by atoms with Gasteiger partial charge < -0.3 is 9.47 Å². The second kappa shape index (κ2) is 9.47. The van der Waals surface area contributed by atoms with Crippen molar-refractivity contribution >= 4 is 35.1 Å². The highest BCUT2D eigenvalue weighted by atomic mass is 35.5. The summed E-state index contributed by atoms with van der Waals surface area (Å²) in [4.78, 5) is 21.4. The third-order valence-electron chi connectivity index (χ3n) is 4.72. The molecule has 2 aromatic heterocycles. The Hall–Kier alpha value is -3.63. The highest BCUT2D eigenvalue weighted by Crippen LogP contribution is 2.32. The first-order valence-corrected chi connectivity index (χ1v) is 10.6. The predicted octanol–water partition coefficient (Wildman–Crippen LogP) is 4.19. The molecule has 0 aliphatic carbocycles. The molecule has 170 valence electrons. The van der Waals surface area contributed by atoms with Crippen LogP contribution >= 0.6 is 23.2 Å². The lowest BCUT2D eigenvalue weighted by atomic mass is 10.2. The van der Waals surface area contributed by atoms with Crippen LogP contribution in [-0.2, 0) is 6.42 Å². The number of benzene rings is 2. The average Bonchev–Trinajstić information content (AvgIpc) is 3.45. The van der Waals surface area contributed by atoms with Gasteiger partial charge in [-0.05, 0) is 24.3 Å². The number of halogens is 2. The SMILES string of the molecule is CCc1nc(C(=O)Nc2n[nH]c(-c3ccc(OC)cc3OC)n2)nn1-c1c(Cl)cccc1Cl. The monoisotopic (exact) mass is 487 g/mol. The standard InChI is InChI=1S/C21H19Cl2N7O3/c1-4-16-24-19(29-30(16)17-13(22)6-5-7-14(17)23)20(31)26-21-25-18(27-28-21)12-9-8-11(32-2)10-15(12)33-3/h5-10H,4H2,1-3H3,(H2,25,26,27,28,31). The van der Waals surface area contributed by atoms with Crippen molar-refractivity contribution in [3.63, 3.8) is 0 Å². The van der Waals surface area contributed by atoms with Crippen LogP contribution in [0.1, 0.15) is 23.4 Å². The summed E-state index contributed by atoms with van der Waals surface area (Å²) in [6.45, 7) is 1.89. The Balaban J connectivity index is 1.59. The number of hydrogen-bond acceptors (Lipinski definition) is 7. The zero-order valence-electron chi connectivity index (χ0n) is 17.9. The maximum absolute atomic E-state index is 12.8. The van der Waals surface area contributed by atoms with Crippen LogP contribution < -0.4 is 14.8 Å². The number of ether oxygens (including phenoxy) is 2. The molecule has 0 unspecified atom stereocenters. The van der Waals surface area contributed by atoms with Crippen molar-refractivity contribution in [2.45, 2.75) is 13.3 Å². The number of carbonyl (C=O) groups excluding carboxylic acids is 1. The third kappa shape index (κ3) is 4.48. The van der Waals surface area contributed by atoms with Crippen molar-refractivity contribution in [1.82, 2.24) is 29.9 Å². The van der Waals surface area contributed by atoms with E-state index in [2.05, 4.69) is 30.6 Å². The molecule has 12 heteroatoms. The summed E-state index contributed by atoms with van der Waals surface area (Å²) < 4.78 is 12.1. The molecule has 1 amide bonds. The molecule has 10 nitrogen and oxygen atoms in total. The number of aromatic amines is 1. The van der Waals surface area contributed by atoms with Crippen molar-refractivity contribution in [1.29, 1.82) is 0 Å². The van der Waals surface area contributed by atoms with Gasteiger partial charge in [0.25, 0.3) is 5.91 Å². The number of amides is 1. The van der Waals surface area contributed by atoms with Crippen LogP contribution in [0.15, 0.2) is 36.4 Å². The fraction of sp³-hybridized carbons (Fsp3) is 0.190. The van der Waals surface area contributed by atoms with Crippen molar-refractivity contribution in [2.24, 2.45) is 0 Å². The van der Waals surface area contributed by atoms with E-state index in [4.69, 9.17) is 32.7 Å². The highest BCUT2D eigenvalue weighted by Gasteiger charge is 2.21. The van der Waals surface area contributed by atoms with Gasteiger partial charge >= 0.3 is 0 Å². The smallest absolute Gasteiger partial charge is 0.297 e. The Morgan fingerprint density at radius 1 is 1.12 bits per heavy atom. The van der Waals surface area contributed by atoms with Crippen LogP contribution in [0.3, 0.4) is 0 Å². The molecule has 4 aromatic rings. The van der Waals surface area contributed by atoms with Gasteiger partial charge in [0.15, 0.2) is 5.82 Å². The minimum Gasteiger partial charge on any atom is -0.497 e. The normalized spacial score (nSPS) is 10.8. The quantitative estimate of drug-likeness (QED) is 0.400. The molecule has 0 atom stereocenters. The number of aromatic nitrogens is 6. The summed E-state index contributed by atoms with van der Waals surface area (Å²) >= 11 is 12.6. The van der Waals surface area contributed by atoms with E-state index in [1.807, 2.05) is 6.92 Å². The number of para-hydroxylation sites is 1. The zero-order chi connectivity index (χ0) is 23.5. The summed E-state index contributed by atoms with van der Waals surface area (Å²) in [5.74, 6) is 1.49. The molecule has 0 saturated carbocycles. The molecule has 0 aliphatic heterocycles. The summed E-state index contributed by atoms with van der Waals surface area (Å²) in [5, 5.41) is 14.5. The second-order valence-corrected chi connectivity index (χ2v) is 7.53. The van der Waals surface area contributed by atoms with Gasteiger partial charge in [0, 0.05) is 12.5 Å². The number of aryl methyl sites for hydroxylation is 1. The summed E-state index contributed by atoms with van der Waals surface area (Å²) in [6.07, 6.45) is 0.504. The van der Waals surface area contributed by atoms with Gasteiger partial charge in [-0.15, -0.1) is 10.2 Å². The molecule has 0 bridgehead atoms. The van der Waals surface area contributed by atoms with E-state index < -0.39 is 5.91 Å². The molecule has 0 radical (unpaired) electrons. The van der Waals surface area contributed by atoms with E-state index in [9.17, 15) is 4.79 Å². The average molecular weight is 488 g/mol. The lowest BCUT2D eigenvalue weighted by Crippen LogP contribution is -2.15. The van der Waals surface area contributed by atoms with E-state index in [1.165, 1.54) is 11.8 Å². The van der Waals surface area contributed by atoms with Gasteiger partial charge in [-0.3, -0.25) is 15.2 Å². The largest absolute Gasteiger partial charge is 0.497 e. The summed E-state index contributed by atoms with van der Waals surface area (Å²) in [6, 6.07) is 10.4. The van der Waals surface area contributed by atoms with E-state index >= 15 is 0 Å². The van der Waals surface area contributed by atoms with Gasteiger partial charge in [0.2, 0.25) is 11.8 Å². The number of hydrogen-bond donors (Lipinski definition) is 2. The van der Waals surface area contributed by atoms with Crippen LogP contribution in [0, 0.1) is 0 Å². The van der Waals surface area contributed by atoms with Crippen LogP contribution in [0.5, 0.6) is 11.5 Å². The first-order chi connectivity index (χ1) is 15.9. The molecular formula is C21H19Cl2N7O3. The van der Waals surface area contributed by atoms with E-state index in [0.29, 0.717) is 50.9 Å².